The molecule has 0 bridgehead atoms. The number of hydrogen-bond donors (Lipinski definition) is 3. The van der Waals surface area contributed by atoms with Gasteiger partial charge in [0.1, 0.15) is 5.52 Å². The van der Waals surface area contributed by atoms with Gasteiger partial charge in [-0.05, 0) is 51.1 Å². The van der Waals surface area contributed by atoms with Gasteiger partial charge in [0.25, 0.3) is 5.91 Å². The van der Waals surface area contributed by atoms with Crippen LogP contribution in [0.1, 0.15) is 31.1 Å². The van der Waals surface area contributed by atoms with Crippen LogP contribution in [0.3, 0.4) is 0 Å². The van der Waals surface area contributed by atoms with Crippen LogP contribution >= 0.6 is 0 Å². The molecular weight excluding hydrogens is 344 g/mol. The van der Waals surface area contributed by atoms with Crippen LogP contribution in [0.5, 0.6) is 0 Å². The fraction of sp³-hybridized carbons (Fsp3) is 0.263. The van der Waals surface area contributed by atoms with Crippen molar-refractivity contribution in [1.29, 1.82) is 0 Å². The van der Waals surface area contributed by atoms with E-state index in [0.29, 0.717) is 29.0 Å². The largest absolute Gasteiger partial charge is 0.336 e. The molecule has 0 radical (unpaired) electrons. The number of fused-ring (bicyclic) bond motifs is 1. The summed E-state index contributed by atoms with van der Waals surface area (Å²) < 4.78 is 1.77. The highest BCUT2D eigenvalue weighted by Gasteiger charge is 2.13. The fourth-order valence-electron chi connectivity index (χ4n) is 2.66. The highest BCUT2D eigenvalue weighted by molar-refractivity contribution is 6.08. The topological polar surface area (TPSA) is 101 Å². The lowest BCUT2D eigenvalue weighted by molar-refractivity contribution is 0.102. The van der Waals surface area contributed by atoms with E-state index in [1.807, 2.05) is 26.8 Å². The molecule has 0 fully saturated rings. The summed E-state index contributed by atoms with van der Waals surface area (Å²) in [5, 5.41) is 16.5. The number of nitrogens with zero attached hydrogens (tertiary/aromatic N) is 3. The first kappa shape index (κ1) is 18.4. The van der Waals surface area contributed by atoms with Crippen LogP contribution in [-0.2, 0) is 6.54 Å². The minimum atomic E-state index is -0.329. The monoisotopic (exact) mass is 366 g/mol. The van der Waals surface area contributed by atoms with Crippen LogP contribution in [0.4, 0.5) is 16.2 Å². The first-order valence-electron chi connectivity index (χ1n) is 8.79. The Morgan fingerprint density at radius 2 is 1.78 bits per heavy atom. The summed E-state index contributed by atoms with van der Waals surface area (Å²) >= 11 is 0. The molecule has 0 aliphatic rings. The highest BCUT2D eigenvalue weighted by atomic mass is 16.2. The van der Waals surface area contributed by atoms with Gasteiger partial charge < -0.3 is 16.0 Å². The third-order valence-corrected chi connectivity index (χ3v) is 3.92. The predicted octanol–water partition coefficient (Wildman–Crippen LogP) is 3.23. The maximum atomic E-state index is 12.7. The second-order valence-electron chi connectivity index (χ2n) is 6.36. The summed E-state index contributed by atoms with van der Waals surface area (Å²) in [6.45, 7) is 6.43. The number of urea groups is 1. The minimum absolute atomic E-state index is 0.00928. The molecular formula is C19H22N6O2. The number of anilines is 2. The molecule has 3 N–H and O–H groups in total. The van der Waals surface area contributed by atoms with Crippen molar-refractivity contribution in [3.63, 3.8) is 0 Å². The maximum absolute atomic E-state index is 12.7. The molecule has 8 heteroatoms. The molecule has 140 valence electrons. The van der Waals surface area contributed by atoms with Gasteiger partial charge in [-0.2, -0.15) is 0 Å². The van der Waals surface area contributed by atoms with Crippen molar-refractivity contribution in [3.8, 4) is 0 Å². The van der Waals surface area contributed by atoms with Crippen molar-refractivity contribution in [1.82, 2.24) is 20.3 Å². The maximum Gasteiger partial charge on any atom is 0.319 e. The van der Waals surface area contributed by atoms with E-state index in [1.54, 1.807) is 41.1 Å². The van der Waals surface area contributed by atoms with Gasteiger partial charge in [0.2, 0.25) is 0 Å². The number of carbonyl (C=O) groups is 2. The average molecular weight is 366 g/mol. The third kappa shape index (κ3) is 4.22. The van der Waals surface area contributed by atoms with E-state index >= 15 is 0 Å². The molecule has 1 aromatic heterocycles. The number of amides is 3. The van der Waals surface area contributed by atoms with Crippen LogP contribution in [0.2, 0.25) is 0 Å². The predicted molar refractivity (Wildman–Crippen MR) is 105 cm³/mol. The normalized spacial score (nSPS) is 10.8. The summed E-state index contributed by atoms with van der Waals surface area (Å²) in [5.74, 6) is -0.290. The summed E-state index contributed by atoms with van der Waals surface area (Å²) in [7, 11) is 0. The van der Waals surface area contributed by atoms with Gasteiger partial charge in [-0.15, -0.1) is 5.10 Å². The first-order chi connectivity index (χ1) is 13.0. The van der Waals surface area contributed by atoms with Crippen molar-refractivity contribution < 1.29 is 9.59 Å². The highest BCUT2D eigenvalue weighted by Crippen LogP contribution is 2.22. The van der Waals surface area contributed by atoms with Crippen molar-refractivity contribution in [2.45, 2.75) is 33.4 Å². The molecule has 27 heavy (non-hydrogen) atoms. The van der Waals surface area contributed by atoms with Crippen LogP contribution in [0.25, 0.3) is 11.0 Å². The zero-order valence-corrected chi connectivity index (χ0v) is 15.5. The first-order valence-corrected chi connectivity index (χ1v) is 8.79. The fourth-order valence-corrected chi connectivity index (χ4v) is 2.66. The smallest absolute Gasteiger partial charge is 0.319 e. The Kier molecular flexibility index (Phi) is 5.35. The molecule has 3 aromatic rings. The number of para-hydroxylation sites is 2. The SMILES string of the molecule is CCn1nnc2cc(C(=O)Nc3ccccc3NC(=O)NC(C)C)ccc21. The lowest BCUT2D eigenvalue weighted by Gasteiger charge is -2.14. The van der Waals surface area contributed by atoms with Crippen LogP contribution in [0.15, 0.2) is 42.5 Å². The molecule has 2 aromatic carbocycles. The summed E-state index contributed by atoms with van der Waals surface area (Å²) in [6, 6.07) is 12.0. The quantitative estimate of drug-likeness (QED) is 0.645. The zero-order chi connectivity index (χ0) is 19.4. The van der Waals surface area contributed by atoms with Crippen molar-refractivity contribution in [2.75, 3.05) is 10.6 Å². The molecule has 1 heterocycles. The Morgan fingerprint density at radius 1 is 1.07 bits per heavy atom. The van der Waals surface area contributed by atoms with Crippen LogP contribution < -0.4 is 16.0 Å². The Balaban J connectivity index is 1.79. The van der Waals surface area contributed by atoms with E-state index in [0.717, 1.165) is 5.52 Å². The van der Waals surface area contributed by atoms with E-state index in [1.165, 1.54) is 0 Å². The number of nitrogens with one attached hydrogen (secondary N) is 3. The zero-order valence-electron chi connectivity index (χ0n) is 15.5. The second-order valence-corrected chi connectivity index (χ2v) is 6.36. The molecule has 3 rings (SSSR count). The second kappa shape index (κ2) is 7.86. The van der Waals surface area contributed by atoms with Crippen molar-refractivity contribution in [2.24, 2.45) is 0 Å². The van der Waals surface area contributed by atoms with Gasteiger partial charge in [-0.3, -0.25) is 4.79 Å². The molecule has 0 aliphatic carbocycles. The molecule has 0 unspecified atom stereocenters. The number of benzene rings is 2. The van der Waals surface area contributed by atoms with Gasteiger partial charge in [-0.1, -0.05) is 17.3 Å². The Morgan fingerprint density at radius 3 is 2.44 bits per heavy atom. The molecule has 3 amide bonds. The van der Waals surface area contributed by atoms with Crippen LogP contribution in [0, 0.1) is 0 Å². The Bertz CT molecular complexity index is 979. The van der Waals surface area contributed by atoms with Gasteiger partial charge in [0.05, 0.1) is 16.9 Å². The third-order valence-electron chi connectivity index (χ3n) is 3.92. The molecule has 8 nitrogen and oxygen atoms in total. The van der Waals surface area contributed by atoms with Gasteiger partial charge >= 0.3 is 6.03 Å². The van der Waals surface area contributed by atoms with Gasteiger partial charge in [0, 0.05) is 18.2 Å². The van der Waals surface area contributed by atoms with E-state index in [2.05, 4.69) is 26.3 Å². The van der Waals surface area contributed by atoms with Gasteiger partial charge in [0.15, 0.2) is 0 Å². The minimum Gasteiger partial charge on any atom is -0.336 e. The summed E-state index contributed by atoms with van der Waals surface area (Å²) in [4.78, 5) is 24.6. The number of rotatable bonds is 5. The van der Waals surface area contributed by atoms with Crippen molar-refractivity contribution in [3.05, 3.63) is 48.0 Å². The molecule has 0 spiro atoms. The standard InChI is InChI=1S/C19H22N6O2/c1-4-25-17-10-9-13(11-16(17)23-24-25)18(26)21-14-7-5-6-8-15(14)22-19(27)20-12(2)3/h5-12H,4H2,1-3H3,(H,21,26)(H2,20,22,27). The Labute approximate surface area is 156 Å². The van der Waals surface area contributed by atoms with Crippen LogP contribution in [-0.4, -0.2) is 33.0 Å². The molecule has 0 atom stereocenters. The summed E-state index contributed by atoms with van der Waals surface area (Å²) in [6.07, 6.45) is 0. The number of aromatic nitrogens is 3. The van der Waals surface area contributed by atoms with E-state index in [4.69, 9.17) is 0 Å². The number of aryl methyl sites for hydroxylation is 1. The van der Waals surface area contributed by atoms with E-state index in [-0.39, 0.29) is 18.0 Å². The average Bonchev–Trinajstić information content (AvgIpc) is 3.05. The molecule has 0 aliphatic heterocycles. The van der Waals surface area contributed by atoms with Crippen molar-refractivity contribution >= 4 is 34.3 Å². The lowest BCUT2D eigenvalue weighted by Crippen LogP contribution is -2.34. The summed E-state index contributed by atoms with van der Waals surface area (Å²) in [5.41, 5.74) is 3.03. The Hall–Kier alpha value is -3.42. The number of hydrogen-bond acceptors (Lipinski definition) is 4. The lowest BCUT2D eigenvalue weighted by atomic mass is 10.1. The van der Waals surface area contributed by atoms with E-state index in [9.17, 15) is 9.59 Å². The molecule has 0 saturated heterocycles. The van der Waals surface area contributed by atoms with E-state index < -0.39 is 0 Å². The number of carbonyl (C=O) groups excluding carboxylic acids is 2. The molecule has 0 saturated carbocycles. The van der Waals surface area contributed by atoms with Gasteiger partial charge in [-0.25, -0.2) is 9.48 Å².